The van der Waals surface area contributed by atoms with Crippen molar-refractivity contribution in [2.75, 3.05) is 29.5 Å². The van der Waals surface area contributed by atoms with E-state index >= 15 is 0 Å². The zero-order valence-corrected chi connectivity index (χ0v) is 20.5. The third-order valence-electron chi connectivity index (χ3n) is 7.12. The van der Waals surface area contributed by atoms with Gasteiger partial charge in [-0.15, -0.1) is 0 Å². The number of alkyl halides is 1. The van der Waals surface area contributed by atoms with Crippen molar-refractivity contribution in [3.05, 3.63) is 60.3 Å². The number of rotatable bonds is 5. The molecule has 11 heteroatoms. The first-order valence-electron chi connectivity index (χ1n) is 11.9. The summed E-state index contributed by atoms with van der Waals surface area (Å²) in [4.78, 5) is 18.5. The van der Waals surface area contributed by atoms with Gasteiger partial charge in [-0.25, -0.2) is 22.7 Å². The third-order valence-corrected chi connectivity index (χ3v) is 8.80. The maximum absolute atomic E-state index is 14.2. The Morgan fingerprint density at radius 3 is 2.47 bits per heavy atom. The van der Waals surface area contributed by atoms with Crippen LogP contribution in [0.2, 0.25) is 0 Å². The van der Waals surface area contributed by atoms with Gasteiger partial charge >= 0.3 is 0 Å². The summed E-state index contributed by atoms with van der Waals surface area (Å²) in [6.45, 7) is 1.13. The summed E-state index contributed by atoms with van der Waals surface area (Å²) in [5, 5.41) is 4.73. The van der Waals surface area contributed by atoms with Gasteiger partial charge in [-0.3, -0.25) is 9.57 Å². The molecular formula is C25H28F2N6O2S. The van der Waals surface area contributed by atoms with E-state index in [1.165, 1.54) is 12.1 Å². The minimum absolute atomic E-state index is 0.0637. The summed E-state index contributed by atoms with van der Waals surface area (Å²) in [6, 6.07) is 10.6. The van der Waals surface area contributed by atoms with Crippen molar-refractivity contribution in [3.8, 4) is 16.9 Å². The molecule has 0 unspecified atom stereocenters. The normalized spacial score (nSPS) is 23.9. The number of halogens is 2. The van der Waals surface area contributed by atoms with E-state index in [0.717, 1.165) is 23.0 Å². The standard InChI is InChI=1S/C25H28F2N6O2S/c26-17-3-7-20(21(13-17)25(28)34)24-22(15-33(31-24)23-8-4-18(27)14-30-23)16-1-5-19(6-2-16)32-9-11-36(29,35)12-10-32/h1-2,4-6,8,14-15,17,20-21,29H,3,7,9-13H2,(H2,28,34)/t17-,20+,21+/m0/s1. The quantitative estimate of drug-likeness (QED) is 0.539. The molecule has 2 aromatic heterocycles. The van der Waals surface area contributed by atoms with Gasteiger partial charge in [0, 0.05) is 63.6 Å². The number of hydrogen-bond acceptors (Lipinski definition) is 6. The largest absolute Gasteiger partial charge is 0.370 e. The molecule has 36 heavy (non-hydrogen) atoms. The molecule has 3 N–H and O–H groups in total. The highest BCUT2D eigenvalue weighted by Gasteiger charge is 2.38. The van der Waals surface area contributed by atoms with E-state index in [4.69, 9.17) is 15.6 Å². The Kier molecular flexibility index (Phi) is 6.50. The van der Waals surface area contributed by atoms with Crippen molar-refractivity contribution in [1.82, 2.24) is 14.8 Å². The number of hydrogen-bond donors (Lipinski definition) is 2. The molecule has 5 rings (SSSR count). The topological polar surface area (TPSA) is 118 Å². The zero-order chi connectivity index (χ0) is 25.4. The van der Waals surface area contributed by atoms with Crippen LogP contribution in [0.1, 0.15) is 30.9 Å². The van der Waals surface area contributed by atoms with Crippen LogP contribution in [-0.4, -0.2) is 55.6 Å². The predicted octanol–water partition coefficient (Wildman–Crippen LogP) is 3.65. The highest BCUT2D eigenvalue weighted by atomic mass is 32.2. The number of amides is 1. The van der Waals surface area contributed by atoms with Crippen LogP contribution in [0.5, 0.6) is 0 Å². The Bertz CT molecular complexity index is 1340. The van der Waals surface area contributed by atoms with Crippen LogP contribution in [0.4, 0.5) is 14.5 Å². The Morgan fingerprint density at radius 2 is 1.83 bits per heavy atom. The fourth-order valence-electron chi connectivity index (χ4n) is 5.10. The van der Waals surface area contributed by atoms with Crippen LogP contribution in [0.25, 0.3) is 16.9 Å². The van der Waals surface area contributed by atoms with E-state index in [9.17, 15) is 17.8 Å². The van der Waals surface area contributed by atoms with Gasteiger partial charge in [-0.05, 0) is 49.1 Å². The molecular weight excluding hydrogens is 486 g/mol. The average Bonchev–Trinajstić information content (AvgIpc) is 3.30. The van der Waals surface area contributed by atoms with E-state index in [1.807, 2.05) is 24.3 Å². The average molecular weight is 515 g/mol. The molecule has 0 spiro atoms. The highest BCUT2D eigenvalue weighted by molar-refractivity contribution is 7.92. The van der Waals surface area contributed by atoms with Crippen LogP contribution < -0.4 is 10.6 Å². The van der Waals surface area contributed by atoms with E-state index in [-0.39, 0.29) is 12.3 Å². The fourth-order valence-corrected chi connectivity index (χ4v) is 6.34. The first kappa shape index (κ1) is 24.4. The smallest absolute Gasteiger partial charge is 0.221 e. The minimum atomic E-state index is -2.48. The number of carbonyl (C=O) groups excluding carboxylic acids is 1. The van der Waals surface area contributed by atoms with Gasteiger partial charge in [0.15, 0.2) is 5.82 Å². The Hall–Kier alpha value is -3.34. The lowest BCUT2D eigenvalue weighted by atomic mass is 9.75. The Balaban J connectivity index is 1.52. The second-order valence-corrected chi connectivity index (χ2v) is 11.9. The van der Waals surface area contributed by atoms with Gasteiger partial charge < -0.3 is 10.6 Å². The summed E-state index contributed by atoms with van der Waals surface area (Å²) in [5.41, 5.74) is 8.90. The molecule has 3 atom stereocenters. The molecule has 1 aliphatic heterocycles. The van der Waals surface area contributed by atoms with E-state index in [0.29, 0.717) is 48.9 Å². The van der Waals surface area contributed by atoms with Crippen molar-refractivity contribution < 1.29 is 17.8 Å². The molecule has 3 heterocycles. The molecule has 190 valence electrons. The van der Waals surface area contributed by atoms with Crippen LogP contribution >= 0.6 is 0 Å². The van der Waals surface area contributed by atoms with Crippen molar-refractivity contribution in [3.63, 3.8) is 0 Å². The Morgan fingerprint density at radius 1 is 1.11 bits per heavy atom. The van der Waals surface area contributed by atoms with Gasteiger partial charge in [0.05, 0.1) is 11.9 Å². The molecule has 1 saturated heterocycles. The molecule has 1 saturated carbocycles. The zero-order valence-electron chi connectivity index (χ0n) is 19.6. The van der Waals surface area contributed by atoms with Gasteiger partial charge in [-0.2, -0.15) is 5.10 Å². The summed E-state index contributed by atoms with van der Waals surface area (Å²) < 4.78 is 49.0. The number of pyridine rings is 1. The van der Waals surface area contributed by atoms with Gasteiger partial charge in [-0.1, -0.05) is 12.1 Å². The van der Waals surface area contributed by atoms with E-state index in [2.05, 4.69) is 9.88 Å². The number of nitrogens with zero attached hydrogens (tertiary/aromatic N) is 4. The first-order chi connectivity index (χ1) is 17.2. The number of primary amides is 1. The van der Waals surface area contributed by atoms with Gasteiger partial charge in [0.25, 0.3) is 0 Å². The lowest BCUT2D eigenvalue weighted by molar-refractivity contribution is -0.124. The van der Waals surface area contributed by atoms with E-state index in [1.54, 1.807) is 10.9 Å². The second kappa shape index (κ2) is 9.61. The van der Waals surface area contributed by atoms with Crippen LogP contribution in [0.3, 0.4) is 0 Å². The lowest BCUT2D eigenvalue weighted by Gasteiger charge is -2.31. The van der Waals surface area contributed by atoms with Gasteiger partial charge in [0.2, 0.25) is 5.91 Å². The molecule has 1 amide bonds. The molecule has 2 fully saturated rings. The molecule has 0 bridgehead atoms. The summed E-state index contributed by atoms with van der Waals surface area (Å²) >= 11 is 0. The number of anilines is 1. The van der Waals surface area contributed by atoms with Crippen molar-refractivity contribution in [2.24, 2.45) is 11.7 Å². The SMILES string of the molecule is N=S1(=O)CCN(c2ccc(-c3cn(-c4ccc(F)cn4)nc3[C@@H]3CC[C@H](F)C[C@H]3C(N)=O)cc2)CC1. The van der Waals surface area contributed by atoms with Crippen LogP contribution in [0, 0.1) is 16.5 Å². The lowest BCUT2D eigenvalue weighted by Crippen LogP contribution is -2.39. The fraction of sp³-hybridized carbons (Fsp3) is 0.400. The number of benzene rings is 1. The molecule has 0 radical (unpaired) electrons. The number of nitrogens with two attached hydrogens (primary N) is 1. The summed E-state index contributed by atoms with van der Waals surface area (Å²) in [6.07, 6.45) is 2.65. The van der Waals surface area contributed by atoms with Gasteiger partial charge in [0.1, 0.15) is 12.0 Å². The predicted molar refractivity (Wildman–Crippen MR) is 134 cm³/mol. The number of nitrogens with one attached hydrogen (secondary N) is 1. The second-order valence-electron chi connectivity index (χ2n) is 9.49. The molecule has 1 aliphatic carbocycles. The monoisotopic (exact) mass is 514 g/mol. The van der Waals surface area contributed by atoms with E-state index < -0.39 is 33.5 Å². The number of carbonyl (C=O) groups is 1. The Labute approximate surface area is 208 Å². The maximum Gasteiger partial charge on any atom is 0.221 e. The molecule has 3 aromatic rings. The third kappa shape index (κ3) is 4.97. The molecule has 8 nitrogen and oxygen atoms in total. The van der Waals surface area contributed by atoms with Crippen molar-refractivity contribution in [2.45, 2.75) is 31.4 Å². The molecule has 1 aromatic carbocycles. The van der Waals surface area contributed by atoms with Crippen LogP contribution in [-0.2, 0) is 14.5 Å². The maximum atomic E-state index is 14.2. The minimum Gasteiger partial charge on any atom is -0.370 e. The first-order valence-corrected chi connectivity index (χ1v) is 13.8. The molecule has 2 aliphatic rings. The summed E-state index contributed by atoms with van der Waals surface area (Å²) in [7, 11) is -2.48. The highest BCUT2D eigenvalue weighted by Crippen LogP contribution is 2.42. The van der Waals surface area contributed by atoms with Crippen LogP contribution in [0.15, 0.2) is 48.8 Å². The van der Waals surface area contributed by atoms with Crippen molar-refractivity contribution >= 4 is 21.3 Å². The number of aromatic nitrogens is 3. The summed E-state index contributed by atoms with van der Waals surface area (Å²) in [5.74, 6) is -0.917. The van der Waals surface area contributed by atoms with Crippen molar-refractivity contribution in [1.29, 1.82) is 4.78 Å².